The van der Waals surface area contributed by atoms with Crippen molar-refractivity contribution in [2.45, 2.75) is 6.92 Å². The lowest BCUT2D eigenvalue weighted by Gasteiger charge is -2.14. The highest BCUT2D eigenvalue weighted by Gasteiger charge is 2.28. The van der Waals surface area contributed by atoms with Crippen molar-refractivity contribution in [3.63, 3.8) is 0 Å². The van der Waals surface area contributed by atoms with Gasteiger partial charge in [0.15, 0.2) is 29.1 Å². The highest BCUT2D eigenvalue weighted by Crippen LogP contribution is 2.32. The van der Waals surface area contributed by atoms with E-state index in [-0.39, 0.29) is 18.0 Å². The first-order valence-corrected chi connectivity index (χ1v) is 7.57. The first-order chi connectivity index (χ1) is 12.8. The number of anilines is 2. The summed E-state index contributed by atoms with van der Waals surface area (Å²) in [5, 5.41) is 11.5. The van der Waals surface area contributed by atoms with Crippen LogP contribution in [0.3, 0.4) is 0 Å². The van der Waals surface area contributed by atoms with Gasteiger partial charge in [0.2, 0.25) is 0 Å². The van der Waals surface area contributed by atoms with E-state index in [4.69, 9.17) is 0 Å². The molecule has 2 aromatic carbocycles. The van der Waals surface area contributed by atoms with Crippen molar-refractivity contribution in [2.75, 3.05) is 11.9 Å². The molecule has 0 radical (unpaired) electrons. The SMILES string of the molecule is CCOC(=O)/C=C/C(=O)c1c(F)c(F)c(F)c(F)c1Nc1ccc(O)cc1. The molecule has 0 bridgehead atoms. The molecular weight excluding hydrogens is 370 g/mol. The third-order valence-electron chi connectivity index (χ3n) is 3.31. The maximum atomic E-state index is 14.2. The Bertz CT molecular complexity index is 911. The standard InChI is InChI=1S/C18H13F4NO4/c1-2-27-12(26)8-7-11(25)13-14(19)15(20)16(21)17(22)18(13)23-9-3-5-10(24)6-4-9/h3-8,23-24H,2H2,1H3/b8-7+. The summed E-state index contributed by atoms with van der Waals surface area (Å²) in [6.07, 6.45) is 1.20. The number of halogens is 4. The number of hydrogen-bond donors (Lipinski definition) is 2. The van der Waals surface area contributed by atoms with Gasteiger partial charge in [0.05, 0.1) is 17.9 Å². The summed E-state index contributed by atoms with van der Waals surface area (Å²) in [6, 6.07) is 4.85. The third-order valence-corrected chi connectivity index (χ3v) is 3.31. The normalized spacial score (nSPS) is 10.9. The summed E-state index contributed by atoms with van der Waals surface area (Å²) in [7, 11) is 0. The van der Waals surface area contributed by atoms with E-state index in [0.29, 0.717) is 12.2 Å². The monoisotopic (exact) mass is 383 g/mol. The number of nitrogens with one attached hydrogen (secondary N) is 1. The highest BCUT2D eigenvalue weighted by atomic mass is 19.2. The van der Waals surface area contributed by atoms with E-state index in [9.17, 15) is 32.3 Å². The number of allylic oxidation sites excluding steroid dienone is 1. The Morgan fingerprint density at radius 1 is 1.00 bits per heavy atom. The molecule has 27 heavy (non-hydrogen) atoms. The minimum atomic E-state index is -2.17. The number of ketones is 1. The maximum absolute atomic E-state index is 14.2. The molecule has 9 heteroatoms. The number of hydrogen-bond acceptors (Lipinski definition) is 5. The Balaban J connectivity index is 2.52. The molecule has 0 aliphatic rings. The zero-order chi connectivity index (χ0) is 20.1. The van der Waals surface area contributed by atoms with Crippen molar-refractivity contribution in [3.8, 4) is 5.75 Å². The molecule has 0 fully saturated rings. The van der Waals surface area contributed by atoms with Crippen molar-refractivity contribution < 1.29 is 37.0 Å². The molecule has 0 heterocycles. The van der Waals surface area contributed by atoms with Crippen molar-refractivity contribution in [2.24, 2.45) is 0 Å². The van der Waals surface area contributed by atoms with Gasteiger partial charge < -0.3 is 15.2 Å². The lowest BCUT2D eigenvalue weighted by molar-refractivity contribution is -0.137. The summed E-state index contributed by atoms with van der Waals surface area (Å²) in [5.41, 5.74) is -2.05. The highest BCUT2D eigenvalue weighted by molar-refractivity contribution is 6.11. The van der Waals surface area contributed by atoms with Crippen LogP contribution < -0.4 is 5.32 Å². The largest absolute Gasteiger partial charge is 0.508 e. The number of aromatic hydroxyl groups is 1. The number of phenolic OH excluding ortho intramolecular Hbond substituents is 1. The minimum absolute atomic E-state index is 0.0131. The third kappa shape index (κ3) is 4.43. The molecule has 0 saturated carbocycles. The number of phenols is 1. The molecule has 142 valence electrons. The van der Waals surface area contributed by atoms with Crippen molar-refractivity contribution in [1.29, 1.82) is 0 Å². The smallest absolute Gasteiger partial charge is 0.330 e. The topological polar surface area (TPSA) is 75.6 Å². The van der Waals surface area contributed by atoms with Crippen LogP contribution in [0.1, 0.15) is 17.3 Å². The summed E-state index contributed by atoms with van der Waals surface area (Å²) in [6.45, 7) is 1.52. The molecule has 0 spiro atoms. The van der Waals surface area contributed by atoms with E-state index in [2.05, 4.69) is 10.1 Å². The fraction of sp³-hybridized carbons (Fsp3) is 0.111. The van der Waals surface area contributed by atoms with Crippen LogP contribution in [-0.2, 0) is 9.53 Å². The van der Waals surface area contributed by atoms with Crippen LogP contribution in [0.5, 0.6) is 5.75 Å². The molecule has 0 aromatic heterocycles. The van der Waals surface area contributed by atoms with Gasteiger partial charge in [0.1, 0.15) is 5.75 Å². The fourth-order valence-electron chi connectivity index (χ4n) is 2.09. The molecule has 2 N–H and O–H groups in total. The van der Waals surface area contributed by atoms with Gasteiger partial charge in [-0.25, -0.2) is 22.4 Å². The maximum Gasteiger partial charge on any atom is 0.330 e. The number of carbonyl (C=O) groups excluding carboxylic acids is 2. The van der Waals surface area contributed by atoms with Gasteiger partial charge in [0, 0.05) is 11.8 Å². The second-order valence-electron chi connectivity index (χ2n) is 5.13. The lowest BCUT2D eigenvalue weighted by Crippen LogP contribution is -2.12. The number of benzene rings is 2. The zero-order valence-corrected chi connectivity index (χ0v) is 13.9. The van der Waals surface area contributed by atoms with E-state index >= 15 is 0 Å². The molecule has 5 nitrogen and oxygen atoms in total. The lowest BCUT2D eigenvalue weighted by atomic mass is 10.0. The second kappa shape index (κ2) is 8.35. The predicted molar refractivity (Wildman–Crippen MR) is 87.8 cm³/mol. The van der Waals surface area contributed by atoms with Crippen molar-refractivity contribution >= 4 is 23.1 Å². The Morgan fingerprint density at radius 3 is 2.19 bits per heavy atom. The summed E-state index contributed by atoms with van der Waals surface area (Å²) in [5.74, 6) is -10.4. The molecule has 0 aliphatic heterocycles. The number of ether oxygens (including phenoxy) is 1. The minimum Gasteiger partial charge on any atom is -0.508 e. The van der Waals surface area contributed by atoms with Crippen LogP contribution in [0.4, 0.5) is 28.9 Å². The molecule has 0 aliphatic carbocycles. The summed E-state index contributed by atoms with van der Waals surface area (Å²) < 4.78 is 60.1. The van der Waals surface area contributed by atoms with E-state index < -0.39 is 46.3 Å². The van der Waals surface area contributed by atoms with Crippen LogP contribution in [0.25, 0.3) is 0 Å². The fourth-order valence-corrected chi connectivity index (χ4v) is 2.09. The summed E-state index contributed by atoms with van der Waals surface area (Å²) >= 11 is 0. The zero-order valence-electron chi connectivity index (χ0n) is 13.9. The first-order valence-electron chi connectivity index (χ1n) is 7.57. The first kappa shape index (κ1) is 20.0. The van der Waals surface area contributed by atoms with Gasteiger partial charge in [-0.15, -0.1) is 0 Å². The van der Waals surface area contributed by atoms with E-state index in [1.807, 2.05) is 0 Å². The van der Waals surface area contributed by atoms with Crippen molar-refractivity contribution in [1.82, 2.24) is 0 Å². The molecule has 0 unspecified atom stereocenters. The van der Waals surface area contributed by atoms with E-state index in [0.717, 1.165) is 0 Å². The van der Waals surface area contributed by atoms with Gasteiger partial charge in [-0.05, 0) is 37.3 Å². The van der Waals surface area contributed by atoms with Gasteiger partial charge in [-0.3, -0.25) is 4.79 Å². The molecule has 0 amide bonds. The van der Waals surface area contributed by atoms with Crippen LogP contribution >= 0.6 is 0 Å². The van der Waals surface area contributed by atoms with E-state index in [1.54, 1.807) is 0 Å². The Morgan fingerprint density at radius 2 is 1.59 bits per heavy atom. The predicted octanol–water partition coefficient (Wildman–Crippen LogP) is 3.99. The van der Waals surface area contributed by atoms with Crippen molar-refractivity contribution in [3.05, 3.63) is 65.2 Å². The average Bonchev–Trinajstić information content (AvgIpc) is 2.64. The molecule has 2 rings (SSSR count). The van der Waals surface area contributed by atoms with Gasteiger partial charge in [0.25, 0.3) is 0 Å². The van der Waals surface area contributed by atoms with E-state index in [1.165, 1.54) is 31.2 Å². The Hall–Kier alpha value is -3.36. The van der Waals surface area contributed by atoms with Gasteiger partial charge >= 0.3 is 5.97 Å². The van der Waals surface area contributed by atoms with Gasteiger partial charge in [-0.2, -0.15) is 0 Å². The molecule has 0 atom stereocenters. The molecule has 2 aromatic rings. The van der Waals surface area contributed by atoms with Crippen LogP contribution in [0, 0.1) is 23.3 Å². The molecular formula is C18H13F4NO4. The van der Waals surface area contributed by atoms with Gasteiger partial charge in [-0.1, -0.05) is 0 Å². The number of rotatable bonds is 6. The quantitative estimate of drug-likeness (QED) is 0.150. The molecule has 0 saturated heterocycles. The Labute approximate surface area is 150 Å². The summed E-state index contributed by atoms with van der Waals surface area (Å²) in [4.78, 5) is 23.4. The van der Waals surface area contributed by atoms with Crippen LogP contribution in [0.2, 0.25) is 0 Å². The van der Waals surface area contributed by atoms with Crippen LogP contribution in [0.15, 0.2) is 36.4 Å². The Kier molecular flexibility index (Phi) is 6.17. The number of carbonyl (C=O) groups is 2. The number of esters is 1. The second-order valence-corrected chi connectivity index (χ2v) is 5.13. The van der Waals surface area contributed by atoms with Crippen LogP contribution in [-0.4, -0.2) is 23.5 Å². The average molecular weight is 383 g/mol.